The van der Waals surface area contributed by atoms with Gasteiger partial charge in [0.25, 0.3) is 0 Å². The fourth-order valence-corrected chi connectivity index (χ4v) is 3.00. The Hall–Kier alpha value is -1.32. The van der Waals surface area contributed by atoms with Gasteiger partial charge in [-0.25, -0.2) is 4.68 Å². The minimum absolute atomic E-state index is 0.736. The Bertz CT molecular complexity index is 530. The summed E-state index contributed by atoms with van der Waals surface area (Å²) in [6, 6.07) is 8.20. The second-order valence-electron chi connectivity index (χ2n) is 5.15. The lowest BCUT2D eigenvalue weighted by Crippen LogP contribution is -2.30. The molecular weight excluding hydrogens is 258 g/mol. The molecule has 1 N–H and O–H groups in total. The van der Waals surface area contributed by atoms with Crippen molar-refractivity contribution in [2.24, 2.45) is 5.92 Å². The summed E-state index contributed by atoms with van der Waals surface area (Å²) in [5.41, 5.74) is 2.26. The van der Waals surface area contributed by atoms with Crippen molar-refractivity contribution >= 4 is 11.6 Å². The van der Waals surface area contributed by atoms with Gasteiger partial charge in [0.15, 0.2) is 0 Å². The van der Waals surface area contributed by atoms with Crippen LogP contribution in [0.3, 0.4) is 0 Å². The summed E-state index contributed by atoms with van der Waals surface area (Å²) < 4.78 is 1.80. The standard InChI is InChI=1S/C15H18ClN3/c16-14-10-12(9-13-3-1-6-17-11-13)4-5-15(14)19-8-2-7-18-19/h2,4-5,7-8,10,13,17H,1,3,6,9,11H2. The minimum Gasteiger partial charge on any atom is -0.316 e. The van der Waals surface area contributed by atoms with Crippen molar-refractivity contribution < 1.29 is 0 Å². The Morgan fingerprint density at radius 1 is 1.42 bits per heavy atom. The number of nitrogens with zero attached hydrogens (tertiary/aromatic N) is 2. The molecule has 1 saturated heterocycles. The Morgan fingerprint density at radius 3 is 3.05 bits per heavy atom. The normalized spacial score (nSPS) is 19.5. The number of piperidine rings is 1. The molecule has 0 spiro atoms. The summed E-state index contributed by atoms with van der Waals surface area (Å²) in [5, 5.41) is 8.44. The van der Waals surface area contributed by atoms with Crippen LogP contribution in [0.25, 0.3) is 5.69 Å². The molecule has 19 heavy (non-hydrogen) atoms. The first-order valence-electron chi connectivity index (χ1n) is 6.82. The highest BCUT2D eigenvalue weighted by Gasteiger charge is 2.14. The molecule has 4 heteroatoms. The van der Waals surface area contributed by atoms with Gasteiger partial charge < -0.3 is 5.32 Å². The van der Waals surface area contributed by atoms with Crippen LogP contribution in [-0.4, -0.2) is 22.9 Å². The maximum atomic E-state index is 6.36. The fourth-order valence-electron chi connectivity index (χ4n) is 2.71. The molecule has 0 radical (unpaired) electrons. The van der Waals surface area contributed by atoms with Gasteiger partial charge in [-0.15, -0.1) is 0 Å². The highest BCUT2D eigenvalue weighted by atomic mass is 35.5. The van der Waals surface area contributed by atoms with Crippen LogP contribution in [0, 0.1) is 5.92 Å². The van der Waals surface area contributed by atoms with Crippen LogP contribution >= 0.6 is 11.6 Å². The van der Waals surface area contributed by atoms with E-state index in [4.69, 9.17) is 11.6 Å². The number of nitrogens with one attached hydrogen (secondary N) is 1. The molecule has 1 aliphatic rings. The Kier molecular flexibility index (Phi) is 3.85. The number of aromatic nitrogens is 2. The largest absolute Gasteiger partial charge is 0.316 e. The molecule has 1 fully saturated rings. The summed E-state index contributed by atoms with van der Waals surface area (Å²) in [4.78, 5) is 0. The summed E-state index contributed by atoms with van der Waals surface area (Å²) in [6.07, 6.45) is 7.37. The molecule has 0 aliphatic carbocycles. The first-order valence-corrected chi connectivity index (χ1v) is 7.20. The fraction of sp³-hybridized carbons (Fsp3) is 0.400. The average Bonchev–Trinajstić information content (AvgIpc) is 2.94. The lowest BCUT2D eigenvalue weighted by atomic mass is 9.92. The van der Waals surface area contributed by atoms with Gasteiger partial charge in [0.1, 0.15) is 0 Å². The van der Waals surface area contributed by atoms with Gasteiger partial charge in [-0.05, 0) is 62.0 Å². The SMILES string of the molecule is Clc1cc(CC2CCCNC2)ccc1-n1cccn1. The molecule has 0 amide bonds. The zero-order chi connectivity index (χ0) is 13.1. The van der Waals surface area contributed by atoms with E-state index in [1.165, 1.54) is 18.4 Å². The number of hydrogen-bond donors (Lipinski definition) is 1. The smallest absolute Gasteiger partial charge is 0.0831 e. The van der Waals surface area contributed by atoms with Crippen molar-refractivity contribution in [1.82, 2.24) is 15.1 Å². The van der Waals surface area contributed by atoms with Gasteiger partial charge in [0, 0.05) is 12.4 Å². The van der Waals surface area contributed by atoms with E-state index in [0.717, 1.165) is 36.1 Å². The monoisotopic (exact) mass is 275 g/mol. The summed E-state index contributed by atoms with van der Waals surface area (Å²) in [6.45, 7) is 2.29. The van der Waals surface area contributed by atoms with E-state index in [-0.39, 0.29) is 0 Å². The van der Waals surface area contributed by atoms with Gasteiger partial charge in [-0.2, -0.15) is 5.10 Å². The van der Waals surface area contributed by atoms with Crippen LogP contribution in [-0.2, 0) is 6.42 Å². The lowest BCUT2D eigenvalue weighted by molar-refractivity contribution is 0.376. The zero-order valence-corrected chi connectivity index (χ0v) is 11.6. The number of benzene rings is 1. The average molecular weight is 276 g/mol. The van der Waals surface area contributed by atoms with Crippen molar-refractivity contribution in [3.05, 3.63) is 47.2 Å². The maximum absolute atomic E-state index is 6.36. The molecule has 1 aromatic heterocycles. The highest BCUT2D eigenvalue weighted by Crippen LogP contribution is 2.24. The Balaban J connectivity index is 1.75. The molecule has 3 nitrogen and oxygen atoms in total. The number of rotatable bonds is 3. The van der Waals surface area contributed by atoms with Gasteiger partial charge in [-0.1, -0.05) is 17.7 Å². The summed E-state index contributed by atoms with van der Waals surface area (Å²) in [7, 11) is 0. The van der Waals surface area contributed by atoms with Crippen molar-refractivity contribution in [3.63, 3.8) is 0 Å². The maximum Gasteiger partial charge on any atom is 0.0831 e. The van der Waals surface area contributed by atoms with E-state index in [9.17, 15) is 0 Å². The van der Waals surface area contributed by atoms with Crippen LogP contribution in [0.5, 0.6) is 0 Å². The number of hydrogen-bond acceptors (Lipinski definition) is 2. The second kappa shape index (κ2) is 5.76. The molecule has 1 aliphatic heterocycles. The molecule has 3 rings (SSSR count). The molecule has 1 unspecified atom stereocenters. The third-order valence-electron chi connectivity index (χ3n) is 3.69. The Morgan fingerprint density at radius 2 is 2.37 bits per heavy atom. The molecule has 0 bridgehead atoms. The zero-order valence-electron chi connectivity index (χ0n) is 10.8. The van der Waals surface area contributed by atoms with Crippen LogP contribution in [0.15, 0.2) is 36.7 Å². The van der Waals surface area contributed by atoms with Crippen LogP contribution < -0.4 is 5.32 Å². The van der Waals surface area contributed by atoms with Crippen LogP contribution in [0.1, 0.15) is 18.4 Å². The third kappa shape index (κ3) is 2.99. The van der Waals surface area contributed by atoms with Gasteiger partial charge in [-0.3, -0.25) is 0 Å². The first kappa shape index (κ1) is 12.7. The second-order valence-corrected chi connectivity index (χ2v) is 5.56. The van der Waals surface area contributed by atoms with E-state index in [2.05, 4.69) is 28.6 Å². The first-order chi connectivity index (χ1) is 9.33. The van der Waals surface area contributed by atoms with E-state index in [1.54, 1.807) is 10.9 Å². The van der Waals surface area contributed by atoms with Gasteiger partial charge in [0.2, 0.25) is 0 Å². The van der Waals surface area contributed by atoms with Crippen molar-refractivity contribution in [1.29, 1.82) is 0 Å². The minimum atomic E-state index is 0.736. The predicted molar refractivity (Wildman–Crippen MR) is 77.9 cm³/mol. The quantitative estimate of drug-likeness (QED) is 0.933. The van der Waals surface area contributed by atoms with E-state index in [0.29, 0.717) is 0 Å². The van der Waals surface area contributed by atoms with E-state index in [1.807, 2.05) is 12.3 Å². The van der Waals surface area contributed by atoms with Crippen LogP contribution in [0.2, 0.25) is 5.02 Å². The van der Waals surface area contributed by atoms with Gasteiger partial charge >= 0.3 is 0 Å². The van der Waals surface area contributed by atoms with Crippen LogP contribution in [0.4, 0.5) is 0 Å². The number of halogens is 1. The van der Waals surface area contributed by atoms with Crippen molar-refractivity contribution in [2.75, 3.05) is 13.1 Å². The Labute approximate surface area is 118 Å². The molecule has 1 atom stereocenters. The molecule has 100 valence electrons. The molecule has 0 saturated carbocycles. The highest BCUT2D eigenvalue weighted by molar-refractivity contribution is 6.32. The van der Waals surface area contributed by atoms with Gasteiger partial charge in [0.05, 0.1) is 10.7 Å². The third-order valence-corrected chi connectivity index (χ3v) is 3.99. The summed E-state index contributed by atoms with van der Waals surface area (Å²) >= 11 is 6.36. The van der Waals surface area contributed by atoms with Crippen molar-refractivity contribution in [2.45, 2.75) is 19.3 Å². The summed E-state index contributed by atoms with van der Waals surface area (Å²) in [5.74, 6) is 0.736. The predicted octanol–water partition coefficient (Wildman–Crippen LogP) is 3.07. The van der Waals surface area contributed by atoms with E-state index >= 15 is 0 Å². The molecular formula is C15H18ClN3. The molecule has 1 aromatic carbocycles. The van der Waals surface area contributed by atoms with E-state index < -0.39 is 0 Å². The molecule has 2 aromatic rings. The lowest BCUT2D eigenvalue weighted by Gasteiger charge is -2.22. The topological polar surface area (TPSA) is 29.9 Å². The van der Waals surface area contributed by atoms with Crippen molar-refractivity contribution in [3.8, 4) is 5.69 Å². The molecule has 2 heterocycles.